The van der Waals surface area contributed by atoms with Gasteiger partial charge < -0.3 is 14.5 Å². The van der Waals surface area contributed by atoms with E-state index in [4.69, 9.17) is 9.15 Å². The normalized spacial score (nSPS) is 12.6. The van der Waals surface area contributed by atoms with Crippen LogP contribution in [0.2, 0.25) is 0 Å². The van der Waals surface area contributed by atoms with Gasteiger partial charge in [0.2, 0.25) is 0 Å². The fourth-order valence-corrected chi connectivity index (χ4v) is 1.59. The number of rotatable bonds is 5. The Balaban J connectivity index is 2.24. The van der Waals surface area contributed by atoms with E-state index in [1.165, 1.54) is 12.1 Å². The highest BCUT2D eigenvalue weighted by Gasteiger charge is 2.12. The van der Waals surface area contributed by atoms with E-state index in [-0.39, 0.29) is 11.7 Å². The average molecular weight is 251 g/mol. The second-order valence-corrected chi connectivity index (χ2v) is 3.93. The van der Waals surface area contributed by atoms with Gasteiger partial charge in [0.05, 0.1) is 23.6 Å². The van der Waals surface area contributed by atoms with Crippen molar-refractivity contribution in [3.05, 3.63) is 28.3 Å². The van der Waals surface area contributed by atoms with Crippen LogP contribution in [0.4, 0.5) is 11.7 Å². The summed E-state index contributed by atoms with van der Waals surface area (Å²) in [6.07, 6.45) is 0. The number of aromatic nitrogens is 1. The lowest BCUT2D eigenvalue weighted by Gasteiger charge is -2.09. The number of hydrogen-bond acceptors (Lipinski definition) is 6. The molecule has 0 amide bonds. The van der Waals surface area contributed by atoms with Crippen molar-refractivity contribution in [2.75, 3.05) is 19.0 Å². The van der Waals surface area contributed by atoms with E-state index in [0.29, 0.717) is 23.7 Å². The first-order valence-corrected chi connectivity index (χ1v) is 5.40. The molecule has 96 valence electrons. The van der Waals surface area contributed by atoms with E-state index in [2.05, 4.69) is 10.3 Å². The summed E-state index contributed by atoms with van der Waals surface area (Å²) < 4.78 is 10.4. The van der Waals surface area contributed by atoms with Gasteiger partial charge >= 0.3 is 0 Å². The molecule has 1 unspecified atom stereocenters. The smallest absolute Gasteiger partial charge is 0.295 e. The van der Waals surface area contributed by atoms with Crippen LogP contribution in [0.3, 0.4) is 0 Å². The molecular formula is C11H13N3O4. The molecule has 1 N–H and O–H groups in total. The number of ether oxygens (including phenoxy) is 1. The monoisotopic (exact) mass is 251 g/mol. The third kappa shape index (κ3) is 2.57. The lowest BCUT2D eigenvalue weighted by atomic mass is 10.3. The molecule has 1 atom stereocenters. The summed E-state index contributed by atoms with van der Waals surface area (Å²) in [5.41, 5.74) is 0.944. The summed E-state index contributed by atoms with van der Waals surface area (Å²) in [7, 11) is 1.60. The molecule has 0 bridgehead atoms. The van der Waals surface area contributed by atoms with Crippen molar-refractivity contribution in [2.24, 2.45) is 0 Å². The number of hydrogen-bond donors (Lipinski definition) is 1. The van der Waals surface area contributed by atoms with Crippen LogP contribution in [-0.2, 0) is 4.74 Å². The van der Waals surface area contributed by atoms with Crippen molar-refractivity contribution >= 4 is 22.8 Å². The van der Waals surface area contributed by atoms with Gasteiger partial charge in [-0.05, 0) is 13.0 Å². The van der Waals surface area contributed by atoms with E-state index in [0.717, 1.165) is 0 Å². The van der Waals surface area contributed by atoms with E-state index in [9.17, 15) is 10.1 Å². The highest BCUT2D eigenvalue weighted by molar-refractivity contribution is 5.77. The van der Waals surface area contributed by atoms with Crippen LogP contribution in [0.25, 0.3) is 11.1 Å². The quantitative estimate of drug-likeness (QED) is 0.647. The first-order chi connectivity index (χ1) is 8.60. The van der Waals surface area contributed by atoms with E-state index < -0.39 is 4.92 Å². The summed E-state index contributed by atoms with van der Waals surface area (Å²) in [6, 6.07) is 4.68. The fraction of sp³-hybridized carbons (Fsp3) is 0.364. The standard InChI is InChI=1S/C11H13N3O4/c1-7(6-17-2)12-11-13-9-4-3-8(14(15)16)5-10(9)18-11/h3-5,7H,6H2,1-2H3,(H,12,13). The molecule has 1 heterocycles. The van der Waals surface area contributed by atoms with Crippen LogP contribution >= 0.6 is 0 Å². The number of nitro benzene ring substituents is 1. The molecule has 0 fully saturated rings. The van der Waals surface area contributed by atoms with Crippen LogP contribution in [-0.4, -0.2) is 29.7 Å². The van der Waals surface area contributed by atoms with Gasteiger partial charge in [0.25, 0.3) is 11.7 Å². The minimum Gasteiger partial charge on any atom is -0.423 e. The lowest BCUT2D eigenvalue weighted by molar-refractivity contribution is -0.384. The number of oxazole rings is 1. The molecule has 0 spiro atoms. The zero-order chi connectivity index (χ0) is 13.1. The first-order valence-electron chi connectivity index (χ1n) is 5.40. The van der Waals surface area contributed by atoms with Gasteiger partial charge in [0, 0.05) is 13.2 Å². The van der Waals surface area contributed by atoms with Crippen molar-refractivity contribution in [1.29, 1.82) is 0 Å². The molecular weight excluding hydrogens is 238 g/mol. The second-order valence-electron chi connectivity index (χ2n) is 3.93. The zero-order valence-electron chi connectivity index (χ0n) is 10.0. The van der Waals surface area contributed by atoms with Crippen LogP contribution < -0.4 is 5.32 Å². The summed E-state index contributed by atoms with van der Waals surface area (Å²) >= 11 is 0. The molecule has 0 aliphatic heterocycles. The highest BCUT2D eigenvalue weighted by Crippen LogP contribution is 2.23. The van der Waals surface area contributed by atoms with Gasteiger partial charge in [0.15, 0.2) is 5.58 Å². The number of non-ortho nitro benzene ring substituents is 1. The molecule has 7 nitrogen and oxygen atoms in total. The maximum absolute atomic E-state index is 10.6. The average Bonchev–Trinajstić information content (AvgIpc) is 2.69. The molecule has 0 aliphatic rings. The predicted octanol–water partition coefficient (Wildman–Crippen LogP) is 2.18. The number of nitrogens with one attached hydrogen (secondary N) is 1. The van der Waals surface area contributed by atoms with E-state index >= 15 is 0 Å². The van der Waals surface area contributed by atoms with Gasteiger partial charge in [-0.1, -0.05) is 0 Å². The minimum atomic E-state index is -0.470. The summed E-state index contributed by atoms with van der Waals surface area (Å²) in [6.45, 7) is 2.43. The minimum absolute atomic E-state index is 0.0184. The number of nitro groups is 1. The predicted molar refractivity (Wildman–Crippen MR) is 65.6 cm³/mol. The van der Waals surface area contributed by atoms with Gasteiger partial charge in [0.1, 0.15) is 5.52 Å². The fourth-order valence-electron chi connectivity index (χ4n) is 1.59. The molecule has 2 rings (SSSR count). The molecule has 0 aliphatic carbocycles. The van der Waals surface area contributed by atoms with Gasteiger partial charge in [-0.2, -0.15) is 4.98 Å². The third-order valence-corrected chi connectivity index (χ3v) is 2.37. The molecule has 0 radical (unpaired) electrons. The molecule has 1 aromatic carbocycles. The molecule has 7 heteroatoms. The lowest BCUT2D eigenvalue weighted by Crippen LogP contribution is -2.20. The Labute approximate surface area is 103 Å². The second kappa shape index (κ2) is 5.01. The SMILES string of the molecule is COCC(C)Nc1nc2ccc([N+](=O)[O-])cc2o1. The van der Waals surface area contributed by atoms with Crippen molar-refractivity contribution in [1.82, 2.24) is 4.98 Å². The Hall–Kier alpha value is -2.15. The van der Waals surface area contributed by atoms with Crippen molar-refractivity contribution in [3.63, 3.8) is 0 Å². The van der Waals surface area contributed by atoms with Crippen LogP contribution in [0, 0.1) is 10.1 Å². The number of benzene rings is 1. The van der Waals surface area contributed by atoms with Crippen molar-refractivity contribution < 1.29 is 14.1 Å². The van der Waals surface area contributed by atoms with E-state index in [1.807, 2.05) is 6.92 Å². The van der Waals surface area contributed by atoms with Crippen LogP contribution in [0.1, 0.15) is 6.92 Å². The first kappa shape index (κ1) is 12.3. The Kier molecular flexibility index (Phi) is 3.42. The Morgan fingerprint density at radius 3 is 3.06 bits per heavy atom. The molecule has 18 heavy (non-hydrogen) atoms. The Morgan fingerprint density at radius 2 is 2.39 bits per heavy atom. The van der Waals surface area contributed by atoms with Crippen LogP contribution in [0.15, 0.2) is 22.6 Å². The van der Waals surface area contributed by atoms with E-state index in [1.54, 1.807) is 13.2 Å². The third-order valence-electron chi connectivity index (χ3n) is 2.37. The maximum Gasteiger partial charge on any atom is 0.295 e. The molecule has 1 aromatic heterocycles. The topological polar surface area (TPSA) is 90.4 Å². The summed E-state index contributed by atoms with van der Waals surface area (Å²) in [5, 5.41) is 13.6. The van der Waals surface area contributed by atoms with Gasteiger partial charge in [-0.25, -0.2) is 0 Å². The Morgan fingerprint density at radius 1 is 1.61 bits per heavy atom. The number of fused-ring (bicyclic) bond motifs is 1. The number of anilines is 1. The van der Waals surface area contributed by atoms with Crippen molar-refractivity contribution in [2.45, 2.75) is 13.0 Å². The molecule has 2 aromatic rings. The van der Waals surface area contributed by atoms with Gasteiger partial charge in [-0.3, -0.25) is 10.1 Å². The molecule has 0 saturated heterocycles. The molecule has 0 saturated carbocycles. The van der Waals surface area contributed by atoms with Crippen LogP contribution in [0.5, 0.6) is 0 Å². The Bertz CT molecular complexity index is 566. The number of methoxy groups -OCH3 is 1. The highest BCUT2D eigenvalue weighted by atomic mass is 16.6. The maximum atomic E-state index is 10.6. The number of nitrogens with zero attached hydrogens (tertiary/aromatic N) is 2. The zero-order valence-corrected chi connectivity index (χ0v) is 10.0. The largest absolute Gasteiger partial charge is 0.423 e. The summed E-state index contributed by atoms with van der Waals surface area (Å²) in [5.74, 6) is 0. The summed E-state index contributed by atoms with van der Waals surface area (Å²) in [4.78, 5) is 14.3. The van der Waals surface area contributed by atoms with Gasteiger partial charge in [-0.15, -0.1) is 0 Å². The van der Waals surface area contributed by atoms with Crippen molar-refractivity contribution in [3.8, 4) is 0 Å².